The van der Waals surface area contributed by atoms with Gasteiger partial charge in [-0.05, 0) is 105 Å². The predicted octanol–water partition coefficient (Wildman–Crippen LogP) is 5.13. The van der Waals surface area contributed by atoms with Crippen LogP contribution < -0.4 is 14.4 Å². The van der Waals surface area contributed by atoms with Crippen molar-refractivity contribution in [1.29, 1.82) is 0 Å². The molecule has 5 aliphatic rings. The molecule has 0 aromatic heterocycles. The second-order valence-electron chi connectivity index (χ2n) is 14.9. The van der Waals surface area contributed by atoms with Gasteiger partial charge in [-0.1, -0.05) is 23.7 Å². The zero-order valence-electron chi connectivity index (χ0n) is 27.7. The number of halogens is 2. The molecule has 260 valence electrons. The molecule has 7 rings (SSSR count). The molecule has 6 atom stereocenters. The number of sulfonamides is 1. The van der Waals surface area contributed by atoms with Gasteiger partial charge in [-0.3, -0.25) is 14.3 Å². The topological polar surface area (TPSA) is 105 Å². The van der Waals surface area contributed by atoms with Gasteiger partial charge in [-0.15, -0.1) is 0 Å². The fourth-order valence-corrected chi connectivity index (χ4v) is 9.52. The Morgan fingerprint density at radius 3 is 2.73 bits per heavy atom. The normalized spacial score (nSPS) is 32.3. The van der Waals surface area contributed by atoms with Crippen LogP contribution in [0.4, 0.5) is 10.1 Å². The molecule has 1 saturated heterocycles. The van der Waals surface area contributed by atoms with Gasteiger partial charge >= 0.3 is 0 Å². The van der Waals surface area contributed by atoms with Crippen molar-refractivity contribution in [2.24, 2.45) is 17.8 Å². The van der Waals surface area contributed by atoms with Crippen molar-refractivity contribution in [2.45, 2.75) is 75.0 Å². The molecule has 2 aromatic rings. The SMILES string of the molecule is CN1CC[C@@H]2CCO[C@@H](C2)[C@@H]2CC[C@H]2CN2C[C@@]3(CCCc4cc(Cl)ccc43)COc3ccc(cc32)[C@](F)(C(=O)NS(C)(=O)=O)CC1=O. The molecule has 4 bridgehead atoms. The summed E-state index contributed by atoms with van der Waals surface area (Å²) in [5, 5.41) is 0.702. The maximum atomic E-state index is 17.4. The summed E-state index contributed by atoms with van der Waals surface area (Å²) in [6, 6.07) is 10.8. The Morgan fingerprint density at radius 2 is 1.96 bits per heavy atom. The Labute approximate surface area is 287 Å². The van der Waals surface area contributed by atoms with Crippen LogP contribution in [0.25, 0.3) is 0 Å². The highest BCUT2D eigenvalue weighted by Gasteiger charge is 2.48. The summed E-state index contributed by atoms with van der Waals surface area (Å²) < 4.78 is 56.5. The number of aryl methyl sites for hydroxylation is 1. The number of benzene rings is 2. The van der Waals surface area contributed by atoms with Crippen molar-refractivity contribution in [2.75, 3.05) is 51.1 Å². The maximum absolute atomic E-state index is 17.4. The molecule has 0 unspecified atom stereocenters. The molecule has 2 amide bonds. The van der Waals surface area contributed by atoms with E-state index in [9.17, 15) is 18.0 Å². The van der Waals surface area contributed by atoms with Gasteiger partial charge < -0.3 is 19.3 Å². The number of nitrogens with zero attached hydrogens (tertiary/aromatic N) is 2. The van der Waals surface area contributed by atoms with Crippen LogP contribution in [-0.4, -0.2) is 77.4 Å². The van der Waals surface area contributed by atoms with E-state index < -0.39 is 33.9 Å². The zero-order valence-corrected chi connectivity index (χ0v) is 29.3. The van der Waals surface area contributed by atoms with Gasteiger partial charge in [-0.2, -0.15) is 0 Å². The van der Waals surface area contributed by atoms with E-state index in [0.717, 1.165) is 57.6 Å². The number of rotatable bonds is 2. The van der Waals surface area contributed by atoms with Gasteiger partial charge in [0.15, 0.2) is 0 Å². The van der Waals surface area contributed by atoms with Gasteiger partial charge in [0.25, 0.3) is 5.91 Å². The molecule has 1 saturated carbocycles. The number of hydrogen-bond acceptors (Lipinski definition) is 7. The first-order chi connectivity index (χ1) is 22.8. The molecule has 2 fully saturated rings. The predicted molar refractivity (Wildman–Crippen MR) is 182 cm³/mol. The summed E-state index contributed by atoms with van der Waals surface area (Å²) in [6.07, 6.45) is 7.68. The van der Waals surface area contributed by atoms with Crippen LogP contribution in [0.2, 0.25) is 5.02 Å². The molecule has 1 N–H and O–H groups in total. The number of anilines is 1. The first-order valence-electron chi connectivity index (χ1n) is 17.2. The Hall–Kier alpha value is -2.89. The van der Waals surface area contributed by atoms with Crippen LogP contribution in [0.3, 0.4) is 0 Å². The standard InChI is InChI=1S/C36H45ClFN3O6S/c1-40-14-11-23-12-15-46-32(16-23)28-8-5-25(28)20-41-21-35(13-3-4-24-17-27(37)7-9-29(24)35)22-47-31-10-6-26(18-30(31)41)36(38,19-33(40)42)34(43)39-48(2,44)45/h6-7,9-10,17-18,23,25,28,32H,3-5,8,11-16,19-22H2,1-2H3,(H,39,43)/t23-,25+,28-,32+,35+,36+/m1/s1. The van der Waals surface area contributed by atoms with Gasteiger partial charge in [0.1, 0.15) is 5.75 Å². The highest BCUT2D eigenvalue weighted by Crippen LogP contribution is 2.49. The number of alkyl halides is 1. The van der Waals surface area contributed by atoms with Gasteiger partial charge in [0.2, 0.25) is 21.6 Å². The minimum absolute atomic E-state index is 0.0815. The van der Waals surface area contributed by atoms with Crippen LogP contribution >= 0.6 is 11.6 Å². The first-order valence-corrected chi connectivity index (χ1v) is 19.5. The van der Waals surface area contributed by atoms with E-state index >= 15 is 4.39 Å². The molecule has 1 spiro atoms. The van der Waals surface area contributed by atoms with Crippen LogP contribution in [0.15, 0.2) is 36.4 Å². The van der Waals surface area contributed by atoms with Crippen LogP contribution in [-0.2, 0) is 41.9 Å². The maximum Gasteiger partial charge on any atom is 0.276 e. The summed E-state index contributed by atoms with van der Waals surface area (Å²) in [4.78, 5) is 30.8. The summed E-state index contributed by atoms with van der Waals surface area (Å²) in [5.41, 5.74) is -0.300. The zero-order chi connectivity index (χ0) is 33.8. The fourth-order valence-electron chi connectivity index (χ4n) is 8.82. The van der Waals surface area contributed by atoms with Gasteiger partial charge in [0.05, 0.1) is 31.1 Å². The molecule has 3 heterocycles. The Kier molecular flexibility index (Phi) is 8.94. The molecule has 0 radical (unpaired) electrons. The lowest BCUT2D eigenvalue weighted by molar-refractivity contribution is -0.142. The average molecular weight is 702 g/mol. The summed E-state index contributed by atoms with van der Waals surface area (Å²) >= 11 is 6.43. The second kappa shape index (κ2) is 12.8. The number of hydrogen-bond donors (Lipinski definition) is 1. The van der Waals surface area contributed by atoms with E-state index in [1.807, 2.05) is 16.9 Å². The summed E-state index contributed by atoms with van der Waals surface area (Å²) in [6.45, 7) is 2.84. The van der Waals surface area contributed by atoms with Crippen molar-refractivity contribution in [3.05, 3.63) is 58.1 Å². The van der Waals surface area contributed by atoms with E-state index in [1.165, 1.54) is 22.1 Å². The monoisotopic (exact) mass is 701 g/mol. The summed E-state index contributed by atoms with van der Waals surface area (Å²) in [5.74, 6) is -0.265. The number of nitrogens with one attached hydrogen (secondary N) is 1. The molecule has 3 aliphatic heterocycles. The number of carbonyl (C=O) groups excluding carboxylic acids is 2. The minimum atomic E-state index is -4.11. The molecule has 48 heavy (non-hydrogen) atoms. The molecule has 12 heteroatoms. The number of fused-ring (bicyclic) bond motifs is 7. The van der Waals surface area contributed by atoms with Crippen molar-refractivity contribution in [3.8, 4) is 5.75 Å². The lowest BCUT2D eigenvalue weighted by Crippen LogP contribution is -2.50. The Balaban J connectivity index is 1.34. The highest BCUT2D eigenvalue weighted by molar-refractivity contribution is 7.89. The van der Waals surface area contributed by atoms with Gasteiger partial charge in [0, 0.05) is 49.3 Å². The van der Waals surface area contributed by atoms with Crippen molar-refractivity contribution in [1.82, 2.24) is 9.62 Å². The van der Waals surface area contributed by atoms with Crippen molar-refractivity contribution < 1.29 is 31.9 Å². The van der Waals surface area contributed by atoms with E-state index in [2.05, 4.69) is 11.0 Å². The highest BCUT2D eigenvalue weighted by atomic mass is 35.5. The number of ether oxygens (including phenoxy) is 2. The minimum Gasteiger partial charge on any atom is -0.490 e. The van der Waals surface area contributed by atoms with Crippen LogP contribution in [0.5, 0.6) is 5.75 Å². The van der Waals surface area contributed by atoms with Crippen LogP contribution in [0, 0.1) is 17.8 Å². The van der Waals surface area contributed by atoms with Crippen LogP contribution in [0.1, 0.15) is 68.1 Å². The average Bonchev–Trinajstić information content (AvgIpc) is 3.17. The van der Waals surface area contributed by atoms with E-state index in [-0.39, 0.29) is 17.1 Å². The third-order valence-corrected chi connectivity index (χ3v) is 12.4. The Morgan fingerprint density at radius 1 is 1.12 bits per heavy atom. The third kappa shape index (κ3) is 6.42. The quantitative estimate of drug-likeness (QED) is 0.463. The van der Waals surface area contributed by atoms with Crippen molar-refractivity contribution in [3.63, 3.8) is 0 Å². The van der Waals surface area contributed by atoms with Gasteiger partial charge in [-0.25, -0.2) is 12.8 Å². The molecule has 2 aliphatic carbocycles. The smallest absolute Gasteiger partial charge is 0.276 e. The molecule has 2 aromatic carbocycles. The van der Waals surface area contributed by atoms with Crippen molar-refractivity contribution >= 4 is 39.1 Å². The Bertz CT molecular complexity index is 1710. The fraction of sp³-hybridized carbons (Fsp3) is 0.611. The number of amides is 2. The molecule has 9 nitrogen and oxygen atoms in total. The third-order valence-electron chi connectivity index (χ3n) is 11.7. The van der Waals surface area contributed by atoms with E-state index in [4.69, 9.17) is 21.1 Å². The van der Waals surface area contributed by atoms with E-state index in [0.29, 0.717) is 67.1 Å². The lowest BCUT2D eigenvalue weighted by atomic mass is 9.67. The van der Waals surface area contributed by atoms with E-state index in [1.54, 1.807) is 19.2 Å². The largest absolute Gasteiger partial charge is 0.490 e. The first kappa shape index (κ1) is 33.6. The lowest BCUT2D eigenvalue weighted by Gasteiger charge is -2.48. The molecular weight excluding hydrogens is 657 g/mol. The second-order valence-corrected chi connectivity index (χ2v) is 17.1. The summed E-state index contributed by atoms with van der Waals surface area (Å²) in [7, 11) is -2.50. The molecular formula is C36H45ClFN3O6S. The number of carbonyl (C=O) groups is 2.